The maximum absolute atomic E-state index is 6.13. The Balaban J connectivity index is 1.04. The van der Waals surface area contributed by atoms with Gasteiger partial charge in [-0.3, -0.25) is 0 Å². The molecule has 0 aliphatic carbocycles. The fraction of sp³-hybridized carbons (Fsp3) is 0. The lowest BCUT2D eigenvalue weighted by Gasteiger charge is -2.15. The van der Waals surface area contributed by atoms with Gasteiger partial charge in [0.05, 0.1) is 16.7 Å². The van der Waals surface area contributed by atoms with Gasteiger partial charge in [0, 0.05) is 47.3 Å². The van der Waals surface area contributed by atoms with E-state index in [1.54, 1.807) is 0 Å². The van der Waals surface area contributed by atoms with Crippen LogP contribution in [0.15, 0.2) is 180 Å². The van der Waals surface area contributed by atoms with Gasteiger partial charge in [0.1, 0.15) is 11.2 Å². The molecule has 0 fully saturated rings. The topological polar surface area (TPSA) is 18.1 Å². The highest BCUT2D eigenvalue weighted by molar-refractivity contribution is 7.25. The molecule has 0 radical (unpaired) electrons. The van der Waals surface area contributed by atoms with Crippen LogP contribution in [-0.4, -0.2) is 4.57 Å². The average molecular weight is 668 g/mol. The van der Waals surface area contributed by atoms with Gasteiger partial charge in [-0.25, -0.2) is 0 Å². The predicted octanol–water partition coefficient (Wildman–Crippen LogP) is 14.1. The van der Waals surface area contributed by atoms with E-state index in [1.165, 1.54) is 81.0 Å². The van der Waals surface area contributed by atoms with Crippen molar-refractivity contribution in [3.8, 4) is 39.1 Å². The highest BCUT2D eigenvalue weighted by Gasteiger charge is 2.17. The third kappa shape index (κ3) is 4.35. The van der Waals surface area contributed by atoms with Crippen molar-refractivity contribution in [2.75, 3.05) is 0 Å². The first-order valence-electron chi connectivity index (χ1n) is 17.3. The number of benzene rings is 8. The van der Waals surface area contributed by atoms with E-state index < -0.39 is 0 Å². The maximum Gasteiger partial charge on any atom is 0.135 e. The second-order valence-electron chi connectivity index (χ2n) is 13.3. The lowest BCUT2D eigenvalue weighted by Crippen LogP contribution is -1.97. The molecule has 0 aliphatic rings. The summed E-state index contributed by atoms with van der Waals surface area (Å²) in [5, 5.41) is 7.44. The van der Waals surface area contributed by atoms with Gasteiger partial charge in [0.15, 0.2) is 0 Å². The lowest BCUT2D eigenvalue weighted by molar-refractivity contribution is 0.669. The highest BCUT2D eigenvalue weighted by atomic mass is 32.1. The summed E-state index contributed by atoms with van der Waals surface area (Å²) in [7, 11) is 0. The van der Waals surface area contributed by atoms with Crippen LogP contribution in [-0.2, 0) is 0 Å². The van der Waals surface area contributed by atoms with Crippen LogP contribution in [0.25, 0.3) is 103 Å². The van der Waals surface area contributed by atoms with Crippen LogP contribution in [0, 0.1) is 0 Å². The van der Waals surface area contributed by atoms with Crippen LogP contribution in [0.3, 0.4) is 0 Å². The quantitative estimate of drug-likeness (QED) is 0.183. The molecule has 0 atom stereocenters. The minimum absolute atomic E-state index is 0.916. The molecule has 51 heavy (non-hydrogen) atoms. The average Bonchev–Trinajstić information content (AvgIpc) is 3.87. The zero-order valence-electron chi connectivity index (χ0n) is 27.5. The van der Waals surface area contributed by atoms with Crippen LogP contribution >= 0.6 is 11.3 Å². The number of fused-ring (bicyclic) bond motifs is 9. The largest absolute Gasteiger partial charge is 0.456 e. The van der Waals surface area contributed by atoms with Crippen LogP contribution < -0.4 is 0 Å². The van der Waals surface area contributed by atoms with Crippen LogP contribution in [0.1, 0.15) is 0 Å². The molecule has 8 aromatic carbocycles. The standard InChI is InChI=1S/C48H29NOS/c1-5-15-41(34(10-1)30-20-22-31(23-21-30)35-14-9-19-47-48(35)38-13-4-8-18-46(38)51-47)49-42-16-6-2-11-36(42)39-28-32(24-26-43(39)49)33-25-27-45-40(29-33)37-12-3-7-17-44(37)50-45/h1-29H. The molecule has 11 aromatic rings. The molecular formula is C48H29NOS. The van der Waals surface area contributed by atoms with E-state index in [9.17, 15) is 0 Å². The smallest absolute Gasteiger partial charge is 0.135 e. The molecule has 2 nitrogen and oxygen atoms in total. The minimum Gasteiger partial charge on any atom is -0.456 e. The van der Waals surface area contributed by atoms with Crippen molar-refractivity contribution < 1.29 is 4.42 Å². The van der Waals surface area contributed by atoms with Crippen molar-refractivity contribution in [3.05, 3.63) is 176 Å². The highest BCUT2D eigenvalue weighted by Crippen LogP contribution is 2.42. The molecule has 0 unspecified atom stereocenters. The van der Waals surface area contributed by atoms with Crippen LogP contribution in [0.2, 0.25) is 0 Å². The number of rotatable bonds is 4. The molecule has 0 saturated carbocycles. The summed E-state index contributed by atoms with van der Waals surface area (Å²) in [5.74, 6) is 0. The number of nitrogens with zero attached hydrogens (tertiary/aromatic N) is 1. The molecular weight excluding hydrogens is 639 g/mol. The van der Waals surface area contributed by atoms with Crippen molar-refractivity contribution in [2.45, 2.75) is 0 Å². The second-order valence-corrected chi connectivity index (χ2v) is 14.3. The number of aromatic nitrogens is 1. The summed E-state index contributed by atoms with van der Waals surface area (Å²) >= 11 is 1.87. The van der Waals surface area contributed by atoms with E-state index in [-0.39, 0.29) is 0 Å². The Morgan fingerprint density at radius 3 is 1.84 bits per heavy atom. The molecule has 3 aromatic heterocycles. The lowest BCUT2D eigenvalue weighted by atomic mass is 9.96. The Labute approximate surface area is 298 Å². The molecule has 3 heteroatoms. The Bertz CT molecular complexity index is 3140. The number of furan rings is 1. The van der Waals surface area contributed by atoms with E-state index in [1.807, 2.05) is 23.5 Å². The zero-order valence-corrected chi connectivity index (χ0v) is 28.3. The Kier molecular flexibility index (Phi) is 6.16. The van der Waals surface area contributed by atoms with Gasteiger partial charge in [-0.2, -0.15) is 0 Å². The summed E-state index contributed by atoms with van der Waals surface area (Å²) < 4.78 is 11.2. The molecule has 238 valence electrons. The summed E-state index contributed by atoms with van der Waals surface area (Å²) in [4.78, 5) is 0. The summed E-state index contributed by atoms with van der Waals surface area (Å²) in [6.07, 6.45) is 0. The van der Waals surface area contributed by atoms with E-state index in [2.05, 4.69) is 168 Å². The van der Waals surface area contributed by atoms with Gasteiger partial charge in [-0.05, 0) is 82.4 Å². The Morgan fingerprint density at radius 1 is 0.373 bits per heavy atom. The van der Waals surface area contributed by atoms with Gasteiger partial charge in [-0.15, -0.1) is 11.3 Å². The SMILES string of the molecule is c1ccc(-n2c3ccccc3c3cc(-c4ccc5oc6ccccc6c5c4)ccc32)c(-c2ccc(-c3cccc4sc5ccccc5c34)cc2)c1. The summed E-state index contributed by atoms with van der Waals surface area (Å²) in [6, 6.07) is 63.8. The van der Waals surface area contributed by atoms with Gasteiger partial charge >= 0.3 is 0 Å². The van der Waals surface area contributed by atoms with Crippen molar-refractivity contribution in [3.63, 3.8) is 0 Å². The van der Waals surface area contributed by atoms with Crippen molar-refractivity contribution in [1.29, 1.82) is 0 Å². The normalized spacial score (nSPS) is 11.9. The molecule has 0 aliphatic heterocycles. The second kappa shape index (κ2) is 11.0. The zero-order chi connectivity index (χ0) is 33.5. The van der Waals surface area contributed by atoms with E-state index in [4.69, 9.17) is 4.42 Å². The number of thiophene rings is 1. The number of para-hydroxylation sites is 3. The molecule has 11 rings (SSSR count). The predicted molar refractivity (Wildman–Crippen MR) is 217 cm³/mol. The van der Waals surface area contributed by atoms with Gasteiger partial charge in [0.2, 0.25) is 0 Å². The van der Waals surface area contributed by atoms with Crippen LogP contribution in [0.5, 0.6) is 0 Å². The summed E-state index contributed by atoms with van der Waals surface area (Å²) in [5.41, 5.74) is 12.7. The van der Waals surface area contributed by atoms with E-state index in [0.717, 1.165) is 21.9 Å². The van der Waals surface area contributed by atoms with Gasteiger partial charge in [-0.1, -0.05) is 121 Å². The van der Waals surface area contributed by atoms with E-state index >= 15 is 0 Å². The third-order valence-corrected chi connectivity index (χ3v) is 11.6. The Hall–Kier alpha value is -6.42. The monoisotopic (exact) mass is 667 g/mol. The third-order valence-electron chi connectivity index (χ3n) is 10.4. The molecule has 3 heterocycles. The molecule has 0 amide bonds. The molecule has 0 bridgehead atoms. The first-order valence-corrected chi connectivity index (χ1v) is 18.2. The summed E-state index contributed by atoms with van der Waals surface area (Å²) in [6.45, 7) is 0. The fourth-order valence-corrected chi connectivity index (χ4v) is 9.21. The van der Waals surface area contributed by atoms with Gasteiger partial charge in [0.25, 0.3) is 0 Å². The van der Waals surface area contributed by atoms with Crippen molar-refractivity contribution in [2.24, 2.45) is 0 Å². The van der Waals surface area contributed by atoms with Crippen molar-refractivity contribution in [1.82, 2.24) is 4.57 Å². The minimum atomic E-state index is 0.916. The van der Waals surface area contributed by atoms with E-state index in [0.29, 0.717) is 0 Å². The first kappa shape index (κ1) is 28.4. The van der Waals surface area contributed by atoms with Crippen LogP contribution in [0.4, 0.5) is 0 Å². The Morgan fingerprint density at radius 2 is 0.961 bits per heavy atom. The maximum atomic E-state index is 6.13. The molecule has 0 saturated heterocycles. The van der Waals surface area contributed by atoms with Gasteiger partial charge < -0.3 is 8.98 Å². The number of hydrogen-bond donors (Lipinski definition) is 0. The number of hydrogen-bond acceptors (Lipinski definition) is 2. The van der Waals surface area contributed by atoms with Crippen molar-refractivity contribution >= 4 is 75.3 Å². The molecule has 0 spiro atoms. The first-order chi connectivity index (χ1) is 25.3. The fourth-order valence-electron chi connectivity index (χ4n) is 8.07. The molecule has 0 N–H and O–H groups in total.